The van der Waals surface area contributed by atoms with Crippen molar-refractivity contribution in [2.24, 2.45) is 0 Å². The summed E-state index contributed by atoms with van der Waals surface area (Å²) in [5, 5.41) is 18.9. The number of hydrogen-bond donors (Lipinski definition) is 1. The minimum atomic E-state index is -0.992. The van der Waals surface area contributed by atoms with Crippen molar-refractivity contribution in [2.45, 2.75) is 0 Å². The van der Waals surface area contributed by atoms with Gasteiger partial charge in [0, 0.05) is 12.6 Å². The second-order valence-corrected chi connectivity index (χ2v) is 5.02. The first-order valence-corrected chi connectivity index (χ1v) is 6.42. The van der Waals surface area contributed by atoms with Crippen LogP contribution in [0, 0.1) is 17.1 Å². The molecule has 102 valence electrons. The highest BCUT2D eigenvalue weighted by atomic mass is 32.1. The number of aromatic nitrogens is 1. The Morgan fingerprint density at radius 2 is 2.15 bits per heavy atom. The van der Waals surface area contributed by atoms with E-state index < -0.39 is 5.97 Å². The summed E-state index contributed by atoms with van der Waals surface area (Å²) in [6.45, 7) is -0.222. The van der Waals surface area contributed by atoms with Crippen molar-refractivity contribution in [3.63, 3.8) is 0 Å². The Labute approximate surface area is 118 Å². The number of benzene rings is 1. The second-order valence-electron chi connectivity index (χ2n) is 4.04. The van der Waals surface area contributed by atoms with Gasteiger partial charge in [-0.15, -0.1) is 0 Å². The van der Waals surface area contributed by atoms with Crippen molar-refractivity contribution in [3.05, 3.63) is 35.8 Å². The van der Waals surface area contributed by atoms with Gasteiger partial charge in [-0.05, 0) is 24.3 Å². The number of likely N-dealkylation sites (N-methyl/N-ethyl adjacent to an activating group) is 1. The summed E-state index contributed by atoms with van der Waals surface area (Å²) < 4.78 is 12.9. The van der Waals surface area contributed by atoms with Crippen LogP contribution >= 0.6 is 11.3 Å². The van der Waals surface area contributed by atoms with E-state index in [0.29, 0.717) is 15.6 Å². The largest absolute Gasteiger partial charge is 0.480 e. The Morgan fingerprint density at radius 3 is 2.70 bits per heavy atom. The zero-order valence-corrected chi connectivity index (χ0v) is 11.3. The molecule has 5 nitrogen and oxygen atoms in total. The molecule has 0 aliphatic heterocycles. The van der Waals surface area contributed by atoms with Crippen LogP contribution in [-0.2, 0) is 4.79 Å². The highest BCUT2D eigenvalue weighted by Crippen LogP contribution is 2.33. The number of nitrogens with zero attached hydrogens (tertiary/aromatic N) is 3. The van der Waals surface area contributed by atoms with Crippen LogP contribution in [0.3, 0.4) is 0 Å². The summed E-state index contributed by atoms with van der Waals surface area (Å²) in [6, 6.07) is 7.69. The SMILES string of the molecule is CN(CC(=O)O)c1sc(-c2ccc(F)cc2)nc1C#N. The smallest absolute Gasteiger partial charge is 0.323 e. The van der Waals surface area contributed by atoms with E-state index in [-0.39, 0.29) is 18.1 Å². The number of carbonyl (C=O) groups is 1. The summed E-state index contributed by atoms with van der Waals surface area (Å²) in [6.07, 6.45) is 0. The number of carboxylic acid groups (broad SMARTS) is 1. The third-order valence-corrected chi connectivity index (χ3v) is 3.74. The molecular weight excluding hydrogens is 281 g/mol. The van der Waals surface area contributed by atoms with E-state index in [4.69, 9.17) is 10.4 Å². The molecule has 0 bridgehead atoms. The van der Waals surface area contributed by atoms with Gasteiger partial charge in [0.1, 0.15) is 28.4 Å². The average molecular weight is 291 g/mol. The lowest BCUT2D eigenvalue weighted by molar-refractivity contribution is -0.135. The monoisotopic (exact) mass is 291 g/mol. The molecule has 7 heteroatoms. The summed E-state index contributed by atoms with van der Waals surface area (Å²) in [5.74, 6) is -1.35. The van der Waals surface area contributed by atoms with Gasteiger partial charge in [-0.1, -0.05) is 11.3 Å². The summed E-state index contributed by atoms with van der Waals surface area (Å²) in [7, 11) is 1.58. The van der Waals surface area contributed by atoms with Crippen LogP contribution in [0.5, 0.6) is 0 Å². The van der Waals surface area contributed by atoms with Crippen LogP contribution in [-0.4, -0.2) is 29.7 Å². The van der Waals surface area contributed by atoms with Gasteiger partial charge in [-0.25, -0.2) is 9.37 Å². The predicted molar refractivity (Wildman–Crippen MR) is 73.1 cm³/mol. The number of aliphatic carboxylic acids is 1. The van der Waals surface area contributed by atoms with Crippen molar-refractivity contribution in [1.29, 1.82) is 5.26 Å². The predicted octanol–water partition coefficient (Wildman–Crippen LogP) is 2.34. The van der Waals surface area contributed by atoms with Crippen molar-refractivity contribution in [3.8, 4) is 16.6 Å². The van der Waals surface area contributed by atoms with Crippen molar-refractivity contribution in [1.82, 2.24) is 4.98 Å². The quantitative estimate of drug-likeness (QED) is 0.935. The normalized spacial score (nSPS) is 10.1. The number of thiazole rings is 1. The van der Waals surface area contributed by atoms with E-state index in [1.165, 1.54) is 28.4 Å². The zero-order chi connectivity index (χ0) is 14.7. The molecule has 0 unspecified atom stereocenters. The van der Waals surface area contributed by atoms with Gasteiger partial charge in [-0.2, -0.15) is 5.26 Å². The molecule has 1 aromatic heterocycles. The number of halogens is 1. The van der Waals surface area contributed by atoms with Crippen LogP contribution in [0.25, 0.3) is 10.6 Å². The molecule has 0 fully saturated rings. The molecule has 0 saturated heterocycles. The van der Waals surface area contributed by atoms with Crippen molar-refractivity contribution < 1.29 is 14.3 Å². The van der Waals surface area contributed by atoms with Gasteiger partial charge in [0.25, 0.3) is 0 Å². The van der Waals surface area contributed by atoms with Gasteiger partial charge < -0.3 is 10.0 Å². The van der Waals surface area contributed by atoms with Crippen LogP contribution in [0.15, 0.2) is 24.3 Å². The average Bonchev–Trinajstić information content (AvgIpc) is 2.83. The lowest BCUT2D eigenvalue weighted by Crippen LogP contribution is -2.24. The van der Waals surface area contributed by atoms with Crippen LogP contribution in [0.1, 0.15) is 5.69 Å². The number of hydrogen-bond acceptors (Lipinski definition) is 5. The lowest BCUT2D eigenvalue weighted by Gasteiger charge is -2.13. The molecule has 0 atom stereocenters. The topological polar surface area (TPSA) is 77.2 Å². The van der Waals surface area contributed by atoms with E-state index in [2.05, 4.69) is 4.98 Å². The Morgan fingerprint density at radius 1 is 1.50 bits per heavy atom. The van der Waals surface area contributed by atoms with Crippen LogP contribution in [0.2, 0.25) is 0 Å². The van der Waals surface area contributed by atoms with Gasteiger partial charge in [0.15, 0.2) is 5.69 Å². The third-order valence-electron chi connectivity index (χ3n) is 2.53. The molecule has 0 saturated carbocycles. The van der Waals surface area contributed by atoms with Crippen LogP contribution < -0.4 is 4.90 Å². The van der Waals surface area contributed by atoms with E-state index >= 15 is 0 Å². The Bertz CT molecular complexity index is 676. The number of nitriles is 1. The number of anilines is 1. The maximum atomic E-state index is 12.9. The second kappa shape index (κ2) is 5.67. The molecule has 2 rings (SSSR count). The van der Waals surface area contributed by atoms with E-state index in [1.54, 1.807) is 19.2 Å². The molecule has 0 spiro atoms. The third kappa shape index (κ3) is 2.92. The first kappa shape index (κ1) is 14.0. The molecule has 2 aromatic rings. The fourth-order valence-electron chi connectivity index (χ4n) is 1.63. The first-order valence-electron chi connectivity index (χ1n) is 5.61. The van der Waals surface area contributed by atoms with Crippen molar-refractivity contribution in [2.75, 3.05) is 18.5 Å². The van der Waals surface area contributed by atoms with Crippen molar-refractivity contribution >= 4 is 22.3 Å². The van der Waals surface area contributed by atoms with E-state index in [9.17, 15) is 9.18 Å². The molecule has 1 aromatic carbocycles. The highest BCUT2D eigenvalue weighted by Gasteiger charge is 2.17. The van der Waals surface area contributed by atoms with Crippen LogP contribution in [0.4, 0.5) is 9.39 Å². The van der Waals surface area contributed by atoms with Gasteiger partial charge in [-0.3, -0.25) is 4.79 Å². The van der Waals surface area contributed by atoms with E-state index in [1.807, 2.05) is 6.07 Å². The fourth-order valence-corrected chi connectivity index (χ4v) is 2.62. The first-order chi connectivity index (χ1) is 9.51. The molecule has 0 aliphatic rings. The molecule has 20 heavy (non-hydrogen) atoms. The minimum Gasteiger partial charge on any atom is -0.480 e. The Kier molecular flexibility index (Phi) is 3.96. The highest BCUT2D eigenvalue weighted by molar-refractivity contribution is 7.19. The molecular formula is C13H10FN3O2S. The minimum absolute atomic E-state index is 0.165. The maximum absolute atomic E-state index is 12.9. The van der Waals surface area contributed by atoms with Gasteiger partial charge >= 0.3 is 5.97 Å². The number of carboxylic acids is 1. The Balaban J connectivity index is 2.38. The maximum Gasteiger partial charge on any atom is 0.323 e. The molecule has 1 heterocycles. The lowest BCUT2D eigenvalue weighted by atomic mass is 10.2. The Hall–Kier alpha value is -2.46. The van der Waals surface area contributed by atoms with Gasteiger partial charge in [0.2, 0.25) is 0 Å². The molecule has 0 aliphatic carbocycles. The fraction of sp³-hybridized carbons (Fsp3) is 0.154. The standard InChI is InChI=1S/C13H10FN3O2S/c1-17(7-11(18)19)13-10(6-15)16-12(20-13)8-2-4-9(14)5-3-8/h2-5H,7H2,1H3,(H,18,19). The number of rotatable bonds is 4. The van der Waals surface area contributed by atoms with E-state index in [0.717, 1.165) is 0 Å². The molecule has 0 radical (unpaired) electrons. The summed E-state index contributed by atoms with van der Waals surface area (Å²) in [5.41, 5.74) is 0.848. The summed E-state index contributed by atoms with van der Waals surface area (Å²) in [4.78, 5) is 16.3. The molecule has 1 N–H and O–H groups in total. The molecule has 0 amide bonds. The summed E-state index contributed by atoms with van der Waals surface area (Å²) >= 11 is 1.20. The zero-order valence-electron chi connectivity index (χ0n) is 10.5. The van der Waals surface area contributed by atoms with Gasteiger partial charge in [0.05, 0.1) is 0 Å².